The molecule has 0 amide bonds. The van der Waals surface area contributed by atoms with Crippen molar-refractivity contribution in [3.8, 4) is 89.4 Å². The molecule has 0 radical (unpaired) electrons. The highest BCUT2D eigenvalue weighted by Crippen LogP contribution is 2.53. The zero-order chi connectivity index (χ0) is 95.4. The molecule has 9 nitrogen and oxygen atoms in total. The summed E-state index contributed by atoms with van der Waals surface area (Å²) < 4.78 is 28.4. The Labute approximate surface area is 817 Å². The van der Waals surface area contributed by atoms with Gasteiger partial charge < -0.3 is 40.4 Å². The average Bonchev–Trinajstić information content (AvgIpc) is 1.56. The van der Waals surface area contributed by atoms with Gasteiger partial charge in [-0.3, -0.25) is 0 Å². The van der Waals surface area contributed by atoms with Crippen LogP contribution in [0.1, 0.15) is 89.9 Å². The number of para-hydroxylation sites is 3. The summed E-state index contributed by atoms with van der Waals surface area (Å²) in [5.74, 6) is 1.86. The number of methoxy groups -OCH3 is 2. The topological polar surface area (TPSA) is 53.0 Å². The molecule has 688 valence electrons. The molecule has 14 aromatic carbocycles. The van der Waals surface area contributed by atoms with Crippen LogP contribution in [-0.2, 0) is 72.3 Å². The quantitative estimate of drug-likeness (QED) is 0.149. The third-order valence-electron chi connectivity index (χ3n) is 29.9. The lowest BCUT2D eigenvalue weighted by Crippen LogP contribution is -2.33. The van der Waals surface area contributed by atoms with Crippen molar-refractivity contribution < 1.29 is 9.47 Å². The van der Waals surface area contributed by atoms with E-state index in [0.29, 0.717) is 0 Å². The third kappa shape index (κ3) is 15.3. The molecular formula is C125H125N7O2Si4. The monoisotopic (exact) mass is 1870 g/mol. The minimum atomic E-state index is -1.49. The van der Waals surface area contributed by atoms with Crippen molar-refractivity contribution in [3.05, 3.63) is 405 Å². The van der Waals surface area contributed by atoms with Crippen LogP contribution in [0.2, 0.25) is 78.6 Å². The van der Waals surface area contributed by atoms with Gasteiger partial charge in [0.25, 0.3) is 0 Å². The van der Waals surface area contributed by atoms with Crippen molar-refractivity contribution >= 4 is 109 Å². The highest BCUT2D eigenvalue weighted by molar-refractivity contribution is 6.77. The van der Waals surface area contributed by atoms with E-state index in [1.54, 1.807) is 14.2 Å². The van der Waals surface area contributed by atoms with Gasteiger partial charge in [-0.15, -0.1) is 0 Å². The van der Waals surface area contributed by atoms with E-state index in [-0.39, 0.29) is 0 Å². The molecule has 0 unspecified atom stereocenters. The van der Waals surface area contributed by atoms with E-state index in [1.165, 1.54) is 250 Å². The predicted molar refractivity (Wildman–Crippen MR) is 596 cm³/mol. The van der Waals surface area contributed by atoms with Crippen molar-refractivity contribution in [1.82, 2.24) is 31.0 Å². The van der Waals surface area contributed by atoms with E-state index in [1.807, 2.05) is 6.07 Å². The van der Waals surface area contributed by atoms with Gasteiger partial charge in [-0.1, -0.05) is 326 Å². The van der Waals surface area contributed by atoms with Gasteiger partial charge in [-0.25, -0.2) is 0 Å². The van der Waals surface area contributed by atoms with Crippen LogP contribution in [0, 0.1) is 13.8 Å². The normalized spacial score (nSPS) is 13.2. The Morgan fingerprint density at radius 1 is 0.225 bits per heavy atom. The number of benzene rings is 14. The van der Waals surface area contributed by atoms with Gasteiger partial charge >= 0.3 is 0 Å². The Morgan fingerprint density at radius 3 is 0.804 bits per heavy atom. The van der Waals surface area contributed by atoms with E-state index >= 15 is 0 Å². The number of hydrogen-bond donors (Lipinski definition) is 0. The number of aryl methyl sites for hydroxylation is 5. The molecule has 7 heterocycles. The lowest BCUT2D eigenvalue weighted by atomic mass is 10.0. The third-order valence-corrected chi connectivity index (χ3v) is 36.8. The van der Waals surface area contributed by atoms with Gasteiger partial charge in [-0.05, 0) is 171 Å². The standard InChI is InChI=1S/C19H21NOSi.2C19H21NSi.C18H19NSi.C17H15NO.C17H15N.C16H13N/c1-21-14-9-10-17-16(12-14)19-15-8-6-5-7-13(15)11-18(19)20(17)22(2,3)4;1-13-9-10-17-16(11-13)19-15-8-6-5-7-14(15)12-18(19)20(17)21(2,3)4;1-21(2,3)13-20-17-11-7-6-10-16(17)19-15-9-5-4-8-14(15)12-18(19)20;1-20(2,3)19-16-11-7-6-10-15(16)18-14-9-5-4-8-13(14)12-17(18)19;1-18-15-8-7-12(19-2)10-14(15)17-13-6-4-3-5-11(13)9-16(17)18;1-11-7-8-15-14(9-11)17-13-6-4-3-5-12(13)10-16(17)18(15)2;1-17-14-9-5-4-8-13(14)16-12-7-3-2-6-11(12)10-15(16)17/h5-10,12H,11H2,1-4H3;5-11H,12H2,1-4H3;4-11H,12-13H2,1-3H3;4-11H,12H2,1-3H3;3-8,10H,9H2,1-2H3;3-9H,10H2,1-2H3;2-9H,10H2,1H3. The first-order valence-electron chi connectivity index (χ1n) is 49.5. The molecule has 7 aromatic heterocycles. The number of aromatic nitrogens is 7. The van der Waals surface area contributed by atoms with Gasteiger partial charge in [0.05, 0.1) is 22.3 Å². The molecule has 7 aliphatic carbocycles. The predicted octanol–water partition coefficient (Wildman–Crippen LogP) is 31.7. The lowest BCUT2D eigenvalue weighted by molar-refractivity contribution is 0.415. The van der Waals surface area contributed by atoms with Crippen LogP contribution in [0.4, 0.5) is 0 Å². The molecule has 0 bridgehead atoms. The van der Waals surface area contributed by atoms with Crippen LogP contribution >= 0.6 is 0 Å². The molecule has 0 atom stereocenters. The fraction of sp³-hybridized carbons (Fsp3) is 0.216. The molecule has 21 aromatic rings. The van der Waals surface area contributed by atoms with Crippen LogP contribution in [0.3, 0.4) is 0 Å². The second kappa shape index (κ2) is 34.5. The minimum Gasteiger partial charge on any atom is -0.497 e. The number of nitrogens with zero attached hydrogens (tertiary/aromatic N) is 7. The van der Waals surface area contributed by atoms with Gasteiger partial charge in [0.15, 0.2) is 24.7 Å². The molecule has 0 spiro atoms. The Kier molecular flexibility index (Phi) is 22.4. The first-order valence-corrected chi connectivity index (χ1v) is 63.5. The zero-order valence-corrected chi connectivity index (χ0v) is 87.6. The highest BCUT2D eigenvalue weighted by atomic mass is 28.3. The van der Waals surface area contributed by atoms with Gasteiger partial charge in [0.2, 0.25) is 0 Å². The second-order valence-corrected chi connectivity index (χ2v) is 63.1. The number of fused-ring (bicyclic) bond motifs is 35. The van der Waals surface area contributed by atoms with E-state index < -0.39 is 32.8 Å². The average molecular weight is 1870 g/mol. The molecule has 13 heteroatoms. The minimum absolute atomic E-state index is 0.922. The maximum Gasteiger partial charge on any atom is 0.153 e. The summed E-state index contributed by atoms with van der Waals surface area (Å²) in [5, 5.41) is 9.71. The van der Waals surface area contributed by atoms with Crippen molar-refractivity contribution in [1.29, 1.82) is 0 Å². The first kappa shape index (κ1) is 89.5. The molecule has 0 fully saturated rings. The largest absolute Gasteiger partial charge is 0.497 e. The van der Waals surface area contributed by atoms with Gasteiger partial charge in [0, 0.05) is 227 Å². The van der Waals surface area contributed by atoms with E-state index in [4.69, 9.17) is 9.47 Å². The Hall–Kier alpha value is -13.7. The molecule has 0 N–H and O–H groups in total. The number of hydrogen-bond acceptors (Lipinski definition) is 2. The Balaban J connectivity index is 0.0000000930. The lowest BCUT2D eigenvalue weighted by Gasteiger charge is -2.23. The van der Waals surface area contributed by atoms with Crippen LogP contribution < -0.4 is 9.47 Å². The summed E-state index contributed by atoms with van der Waals surface area (Å²) in [6.45, 7) is 33.6. The summed E-state index contributed by atoms with van der Waals surface area (Å²) in [7, 11) is 4.45. The fourth-order valence-corrected chi connectivity index (χ4v) is 31.3. The summed E-state index contributed by atoms with van der Waals surface area (Å²) in [6, 6.07) is 115. The summed E-state index contributed by atoms with van der Waals surface area (Å²) in [6.07, 6.45) is 8.67. The maximum absolute atomic E-state index is 5.47. The molecular weight excluding hydrogens is 1740 g/mol. The zero-order valence-electron chi connectivity index (χ0n) is 83.6. The van der Waals surface area contributed by atoms with Crippen molar-refractivity contribution in [3.63, 3.8) is 0 Å². The Bertz CT molecular complexity index is 8490. The van der Waals surface area contributed by atoms with Crippen LogP contribution in [0.5, 0.6) is 11.5 Å². The molecule has 0 saturated carbocycles. The van der Waals surface area contributed by atoms with Crippen LogP contribution in [0.25, 0.3) is 154 Å². The van der Waals surface area contributed by atoms with Crippen molar-refractivity contribution in [2.45, 2.75) is 144 Å². The summed E-state index contributed by atoms with van der Waals surface area (Å²) in [4.78, 5) is 0. The van der Waals surface area contributed by atoms with Gasteiger partial charge in [-0.2, -0.15) is 0 Å². The smallest absolute Gasteiger partial charge is 0.153 e. The fourth-order valence-electron chi connectivity index (χ4n) is 24.3. The summed E-state index contributed by atoms with van der Waals surface area (Å²) in [5.41, 5.74) is 53.0. The van der Waals surface area contributed by atoms with Gasteiger partial charge in [0.1, 0.15) is 11.5 Å². The Morgan fingerprint density at radius 2 is 0.449 bits per heavy atom. The van der Waals surface area contributed by atoms with E-state index in [0.717, 1.165) is 56.4 Å². The van der Waals surface area contributed by atoms with E-state index in [2.05, 4.69) is 454 Å². The SMILES string of the molecule is COc1ccc2c(c1)c1c(n2C)Cc2ccccc2-1.COc1ccc2c(c1)c1c(n2[Si](C)(C)C)Cc2ccccc2-1.C[Si](C)(C)Cn1c2c(c3ccccc31)-c1ccccc1C2.C[Si](C)(C)n1c2c(c3ccccc31)-c1ccccc1C2.Cc1ccc2c(c1)c1c(n2C)Cc2ccccc2-1.Cc1ccc2c(c1)c1c(n2[Si](C)(C)C)Cc2ccccc2-1.Cn1c2c(c3ccccc31)-c1ccccc1C2. The molecule has 28 rings (SSSR count). The number of ether oxygens (including phenoxy) is 2. The van der Waals surface area contributed by atoms with E-state index in [9.17, 15) is 0 Å². The molecule has 0 aliphatic heterocycles. The highest BCUT2D eigenvalue weighted by Gasteiger charge is 2.38. The second-order valence-electron chi connectivity index (χ2n) is 43.3. The van der Waals surface area contributed by atoms with Crippen LogP contribution in [-0.4, -0.2) is 78.0 Å². The first-order chi connectivity index (χ1) is 66.5. The summed E-state index contributed by atoms with van der Waals surface area (Å²) >= 11 is 0. The van der Waals surface area contributed by atoms with Crippen molar-refractivity contribution in [2.75, 3.05) is 14.2 Å². The van der Waals surface area contributed by atoms with Crippen molar-refractivity contribution in [2.24, 2.45) is 21.1 Å². The molecule has 0 saturated heterocycles. The molecule has 7 aliphatic rings. The number of rotatable bonds is 7. The molecule has 138 heavy (non-hydrogen) atoms. The maximum atomic E-state index is 5.47. The van der Waals surface area contributed by atoms with Crippen LogP contribution in [0.15, 0.2) is 315 Å².